The van der Waals surface area contributed by atoms with Gasteiger partial charge in [-0.2, -0.15) is 0 Å². The maximum absolute atomic E-state index is 12.7. The molecule has 1 aliphatic rings. The number of hydrogen-bond acceptors (Lipinski definition) is 3. The van der Waals surface area contributed by atoms with E-state index in [0.29, 0.717) is 5.56 Å². The third-order valence-electron chi connectivity index (χ3n) is 2.94. The van der Waals surface area contributed by atoms with Crippen LogP contribution < -0.4 is 0 Å². The smallest absolute Gasteiger partial charge is 0.275 e. The first-order valence-electron chi connectivity index (χ1n) is 6.06. The minimum Gasteiger partial charge on any atom is -0.275 e. The summed E-state index contributed by atoms with van der Waals surface area (Å²) in [6.07, 6.45) is 2.72. The van der Waals surface area contributed by atoms with Crippen LogP contribution in [0.25, 0.3) is 6.08 Å². The van der Waals surface area contributed by atoms with Crippen LogP contribution in [0.1, 0.15) is 12.5 Å². The molecule has 0 N–H and O–H groups in total. The highest BCUT2D eigenvalue weighted by atomic mass is 19.1. The van der Waals surface area contributed by atoms with Crippen molar-refractivity contribution in [1.29, 1.82) is 0 Å². The Morgan fingerprint density at radius 2 is 1.75 bits per heavy atom. The number of halogens is 1. The molecule has 0 saturated carbocycles. The molecule has 1 aliphatic heterocycles. The van der Waals surface area contributed by atoms with Crippen LogP contribution in [-0.4, -0.2) is 40.7 Å². The SMILES string of the molecule is CC(=O)N1CCN(C(=O)/C=C/c2ccc(F)cc2)C1=O. The first-order valence-corrected chi connectivity index (χ1v) is 6.06. The number of rotatable bonds is 2. The summed E-state index contributed by atoms with van der Waals surface area (Å²) in [5.74, 6) is -1.24. The lowest BCUT2D eigenvalue weighted by Gasteiger charge is -2.12. The molecule has 0 aliphatic carbocycles. The molecule has 1 heterocycles. The van der Waals surface area contributed by atoms with Crippen LogP contribution in [0.4, 0.5) is 9.18 Å². The molecule has 0 radical (unpaired) electrons. The average molecular weight is 276 g/mol. The number of carbonyl (C=O) groups excluding carboxylic acids is 3. The first kappa shape index (κ1) is 13.9. The summed E-state index contributed by atoms with van der Waals surface area (Å²) in [5.41, 5.74) is 0.648. The van der Waals surface area contributed by atoms with Crippen LogP contribution in [0, 0.1) is 5.82 Å². The highest BCUT2D eigenvalue weighted by Crippen LogP contribution is 2.11. The van der Waals surface area contributed by atoms with Gasteiger partial charge in [0.05, 0.1) is 0 Å². The third kappa shape index (κ3) is 2.90. The second-order valence-electron chi connectivity index (χ2n) is 4.33. The molecule has 0 atom stereocenters. The number of benzene rings is 1. The highest BCUT2D eigenvalue weighted by molar-refractivity contribution is 6.07. The Labute approximate surface area is 115 Å². The minimum absolute atomic E-state index is 0.186. The Kier molecular flexibility index (Phi) is 3.93. The quantitative estimate of drug-likeness (QED) is 0.772. The number of hydrogen-bond donors (Lipinski definition) is 0. The van der Waals surface area contributed by atoms with Gasteiger partial charge in [-0.25, -0.2) is 9.18 Å². The van der Waals surface area contributed by atoms with E-state index in [2.05, 4.69) is 0 Å². The predicted molar refractivity (Wildman–Crippen MR) is 69.9 cm³/mol. The van der Waals surface area contributed by atoms with Crippen molar-refractivity contribution in [2.24, 2.45) is 0 Å². The molecule has 104 valence electrons. The number of imide groups is 2. The molecule has 0 aromatic heterocycles. The molecule has 5 nitrogen and oxygen atoms in total. The van der Waals surface area contributed by atoms with E-state index >= 15 is 0 Å². The van der Waals surface area contributed by atoms with Crippen LogP contribution in [0.2, 0.25) is 0 Å². The lowest BCUT2D eigenvalue weighted by Crippen LogP contribution is -2.37. The van der Waals surface area contributed by atoms with Gasteiger partial charge < -0.3 is 0 Å². The fourth-order valence-electron chi connectivity index (χ4n) is 1.86. The summed E-state index contributed by atoms with van der Waals surface area (Å²) in [5, 5.41) is 0. The van der Waals surface area contributed by atoms with Gasteiger partial charge in [0.2, 0.25) is 5.91 Å². The average Bonchev–Trinajstić information content (AvgIpc) is 2.80. The van der Waals surface area contributed by atoms with Crippen LogP contribution in [0.5, 0.6) is 0 Å². The lowest BCUT2D eigenvalue weighted by atomic mass is 10.2. The van der Waals surface area contributed by atoms with Crippen molar-refractivity contribution in [1.82, 2.24) is 9.80 Å². The van der Waals surface area contributed by atoms with E-state index < -0.39 is 11.9 Å². The molecule has 1 aromatic carbocycles. The summed E-state index contributed by atoms with van der Waals surface area (Å²) >= 11 is 0. The van der Waals surface area contributed by atoms with Gasteiger partial charge in [-0.05, 0) is 23.8 Å². The zero-order valence-electron chi connectivity index (χ0n) is 10.9. The lowest BCUT2D eigenvalue weighted by molar-refractivity contribution is -0.125. The predicted octanol–water partition coefficient (Wildman–Crippen LogP) is 1.65. The van der Waals surface area contributed by atoms with Gasteiger partial charge in [-0.15, -0.1) is 0 Å². The fourth-order valence-corrected chi connectivity index (χ4v) is 1.86. The van der Waals surface area contributed by atoms with E-state index in [4.69, 9.17) is 0 Å². The number of carbonyl (C=O) groups is 3. The van der Waals surface area contributed by atoms with E-state index in [0.717, 1.165) is 9.80 Å². The zero-order valence-corrected chi connectivity index (χ0v) is 10.9. The van der Waals surface area contributed by atoms with Crippen molar-refractivity contribution in [2.75, 3.05) is 13.1 Å². The van der Waals surface area contributed by atoms with Gasteiger partial charge in [-0.3, -0.25) is 19.4 Å². The van der Waals surface area contributed by atoms with Crippen molar-refractivity contribution < 1.29 is 18.8 Å². The molecular weight excluding hydrogens is 263 g/mol. The number of urea groups is 1. The number of nitrogens with zero attached hydrogens (tertiary/aromatic N) is 2. The van der Waals surface area contributed by atoms with Crippen molar-refractivity contribution in [3.05, 3.63) is 41.7 Å². The molecule has 0 spiro atoms. The molecule has 2 rings (SSSR count). The Hall–Kier alpha value is -2.50. The van der Waals surface area contributed by atoms with Gasteiger partial charge in [0.25, 0.3) is 5.91 Å². The monoisotopic (exact) mass is 276 g/mol. The van der Waals surface area contributed by atoms with Crippen molar-refractivity contribution in [2.45, 2.75) is 6.92 Å². The van der Waals surface area contributed by atoms with E-state index in [1.165, 1.54) is 43.3 Å². The Morgan fingerprint density at radius 3 is 2.30 bits per heavy atom. The third-order valence-corrected chi connectivity index (χ3v) is 2.94. The van der Waals surface area contributed by atoms with Crippen LogP contribution >= 0.6 is 0 Å². The highest BCUT2D eigenvalue weighted by Gasteiger charge is 2.34. The van der Waals surface area contributed by atoms with E-state index in [1.807, 2.05) is 0 Å². The molecule has 1 fully saturated rings. The normalized spacial score (nSPS) is 15.2. The van der Waals surface area contributed by atoms with Crippen molar-refractivity contribution in [3.8, 4) is 0 Å². The summed E-state index contributed by atoms with van der Waals surface area (Å²) in [7, 11) is 0. The van der Waals surface area contributed by atoms with Crippen LogP contribution in [0.3, 0.4) is 0 Å². The maximum Gasteiger partial charge on any atom is 0.333 e. The van der Waals surface area contributed by atoms with Gasteiger partial charge in [0.1, 0.15) is 5.82 Å². The largest absolute Gasteiger partial charge is 0.333 e. The summed E-state index contributed by atoms with van der Waals surface area (Å²) in [6, 6.07) is 5.00. The van der Waals surface area contributed by atoms with E-state index in [1.54, 1.807) is 0 Å². The van der Waals surface area contributed by atoms with E-state index in [-0.39, 0.29) is 24.8 Å². The topological polar surface area (TPSA) is 57.7 Å². The molecule has 0 bridgehead atoms. The van der Waals surface area contributed by atoms with E-state index in [9.17, 15) is 18.8 Å². The standard InChI is InChI=1S/C14H13FN2O3/c1-10(18)16-8-9-17(14(16)20)13(19)7-4-11-2-5-12(15)6-3-11/h2-7H,8-9H2,1H3/b7-4+. The molecule has 0 unspecified atom stereocenters. The molecule has 1 aromatic rings. The van der Waals surface area contributed by atoms with Crippen molar-refractivity contribution >= 4 is 23.9 Å². The van der Waals surface area contributed by atoms with Gasteiger partial charge in [0.15, 0.2) is 0 Å². The second-order valence-corrected chi connectivity index (χ2v) is 4.33. The Bertz CT molecular complexity index is 581. The Morgan fingerprint density at radius 1 is 1.15 bits per heavy atom. The summed E-state index contributed by atoms with van der Waals surface area (Å²) in [4.78, 5) is 36.8. The number of amides is 4. The fraction of sp³-hybridized carbons (Fsp3) is 0.214. The maximum atomic E-state index is 12.7. The van der Waals surface area contributed by atoms with Gasteiger partial charge in [0, 0.05) is 26.1 Å². The van der Waals surface area contributed by atoms with Crippen molar-refractivity contribution in [3.63, 3.8) is 0 Å². The minimum atomic E-state index is -0.605. The first-order chi connectivity index (χ1) is 9.49. The second kappa shape index (κ2) is 5.64. The molecule has 6 heteroatoms. The molecular formula is C14H13FN2O3. The molecule has 4 amide bonds. The Balaban J connectivity index is 2.04. The van der Waals surface area contributed by atoms with Gasteiger partial charge in [-0.1, -0.05) is 12.1 Å². The van der Waals surface area contributed by atoms with Gasteiger partial charge >= 0.3 is 6.03 Å². The molecule has 1 saturated heterocycles. The zero-order chi connectivity index (χ0) is 14.7. The van der Waals surface area contributed by atoms with Crippen LogP contribution in [0.15, 0.2) is 30.3 Å². The van der Waals surface area contributed by atoms with Crippen LogP contribution in [-0.2, 0) is 9.59 Å². The summed E-state index contributed by atoms with van der Waals surface area (Å²) in [6.45, 7) is 1.68. The molecule has 20 heavy (non-hydrogen) atoms. The summed E-state index contributed by atoms with van der Waals surface area (Å²) < 4.78 is 12.7.